The zero-order chi connectivity index (χ0) is 20.4. The lowest BCUT2D eigenvalue weighted by molar-refractivity contribution is -0.142. The van der Waals surface area contributed by atoms with Crippen molar-refractivity contribution >= 4 is 17.7 Å². The smallest absolute Gasteiger partial charge is 0.303 e. The fourth-order valence-electron chi connectivity index (χ4n) is 5.32. The molecule has 5 nitrogen and oxygen atoms in total. The van der Waals surface area contributed by atoms with Crippen molar-refractivity contribution in [3.05, 3.63) is 11.6 Å². The van der Waals surface area contributed by atoms with Gasteiger partial charge in [0.1, 0.15) is 6.61 Å². The van der Waals surface area contributed by atoms with Gasteiger partial charge in [-0.25, -0.2) is 0 Å². The molecule has 2 aliphatic carbocycles. The number of allylic oxidation sites excluding steroid dienone is 1. The van der Waals surface area contributed by atoms with Crippen LogP contribution in [0.15, 0.2) is 11.6 Å². The summed E-state index contributed by atoms with van der Waals surface area (Å²) in [7, 11) is 0. The summed E-state index contributed by atoms with van der Waals surface area (Å²) < 4.78 is 5.26. The van der Waals surface area contributed by atoms with Crippen molar-refractivity contribution in [3.8, 4) is 0 Å². The highest BCUT2D eigenvalue weighted by Gasteiger charge is 2.55. The second-order valence-corrected chi connectivity index (χ2v) is 9.28. The molecule has 5 heteroatoms. The lowest BCUT2D eigenvalue weighted by atomic mass is 9.46. The van der Waals surface area contributed by atoms with Crippen LogP contribution in [0.4, 0.5) is 0 Å². The number of aliphatic carboxylic acids is 1. The largest absolute Gasteiger partial charge is 0.481 e. The Morgan fingerprint density at radius 3 is 2.63 bits per heavy atom. The SMILES string of the molecule is CC(=O)OCC1=CC(=O)C[C@H]2[C@@](C)(CC[C@H](C)CC(=O)O)[C@@H](C)CC[C@]12C. The molecule has 0 heterocycles. The molecule has 0 spiro atoms. The first kappa shape index (κ1) is 21.6. The summed E-state index contributed by atoms with van der Waals surface area (Å²) in [6.07, 6.45) is 6.20. The molecular weight excluding hydrogens is 344 g/mol. The molecule has 1 saturated carbocycles. The Morgan fingerprint density at radius 1 is 1.37 bits per heavy atom. The van der Waals surface area contributed by atoms with Gasteiger partial charge in [0.25, 0.3) is 0 Å². The lowest BCUT2D eigenvalue weighted by Crippen LogP contribution is -2.52. The first-order chi connectivity index (χ1) is 12.5. The van der Waals surface area contributed by atoms with E-state index >= 15 is 0 Å². The Kier molecular flexibility index (Phi) is 6.54. The summed E-state index contributed by atoms with van der Waals surface area (Å²) in [5.41, 5.74) is 0.752. The third kappa shape index (κ3) is 4.61. The van der Waals surface area contributed by atoms with Crippen molar-refractivity contribution in [1.82, 2.24) is 0 Å². The molecule has 0 aliphatic heterocycles. The Balaban J connectivity index is 2.26. The molecule has 0 unspecified atom stereocenters. The number of ketones is 1. The summed E-state index contributed by atoms with van der Waals surface area (Å²) in [6.45, 7) is 10.3. The molecule has 1 N–H and O–H groups in total. The van der Waals surface area contributed by atoms with Crippen molar-refractivity contribution in [3.63, 3.8) is 0 Å². The van der Waals surface area contributed by atoms with Crippen LogP contribution >= 0.6 is 0 Å². The van der Waals surface area contributed by atoms with E-state index in [1.807, 2.05) is 6.92 Å². The van der Waals surface area contributed by atoms with Crippen molar-refractivity contribution in [2.75, 3.05) is 6.61 Å². The van der Waals surface area contributed by atoms with Gasteiger partial charge in [0.15, 0.2) is 5.78 Å². The summed E-state index contributed by atoms with van der Waals surface area (Å²) in [5.74, 6) is -0.201. The molecule has 0 aromatic carbocycles. The fraction of sp³-hybridized carbons (Fsp3) is 0.773. The summed E-state index contributed by atoms with van der Waals surface area (Å²) in [6, 6.07) is 0. The van der Waals surface area contributed by atoms with Crippen molar-refractivity contribution in [1.29, 1.82) is 0 Å². The van der Waals surface area contributed by atoms with E-state index in [4.69, 9.17) is 9.84 Å². The number of esters is 1. The number of carbonyl (C=O) groups is 3. The van der Waals surface area contributed by atoms with Crippen LogP contribution in [0.2, 0.25) is 0 Å². The molecule has 0 aromatic heterocycles. The topological polar surface area (TPSA) is 80.7 Å². The Bertz CT molecular complexity index is 637. The van der Waals surface area contributed by atoms with Gasteiger partial charge < -0.3 is 9.84 Å². The van der Waals surface area contributed by atoms with Crippen LogP contribution in [0.5, 0.6) is 0 Å². The summed E-state index contributed by atoms with van der Waals surface area (Å²) in [5, 5.41) is 9.05. The molecule has 0 bridgehead atoms. The highest BCUT2D eigenvalue weighted by atomic mass is 16.5. The zero-order valence-corrected chi connectivity index (χ0v) is 17.3. The number of hydrogen-bond acceptors (Lipinski definition) is 4. The molecule has 27 heavy (non-hydrogen) atoms. The van der Waals surface area contributed by atoms with Gasteiger partial charge in [-0.1, -0.05) is 27.7 Å². The van der Waals surface area contributed by atoms with Gasteiger partial charge in [-0.05, 0) is 65.9 Å². The van der Waals surface area contributed by atoms with E-state index in [2.05, 4.69) is 20.8 Å². The van der Waals surface area contributed by atoms with E-state index in [0.29, 0.717) is 12.3 Å². The second-order valence-electron chi connectivity index (χ2n) is 9.28. The van der Waals surface area contributed by atoms with E-state index in [1.165, 1.54) is 6.92 Å². The van der Waals surface area contributed by atoms with Crippen LogP contribution < -0.4 is 0 Å². The van der Waals surface area contributed by atoms with Gasteiger partial charge in [0.2, 0.25) is 0 Å². The van der Waals surface area contributed by atoms with E-state index in [0.717, 1.165) is 31.3 Å². The van der Waals surface area contributed by atoms with E-state index in [-0.39, 0.29) is 47.4 Å². The molecule has 0 aromatic rings. The van der Waals surface area contributed by atoms with Gasteiger partial charge in [-0.2, -0.15) is 0 Å². The Morgan fingerprint density at radius 2 is 2.04 bits per heavy atom. The highest BCUT2D eigenvalue weighted by Crippen LogP contribution is 2.61. The number of rotatable bonds is 7. The molecule has 0 amide bonds. The zero-order valence-electron chi connectivity index (χ0n) is 17.3. The fourth-order valence-corrected chi connectivity index (χ4v) is 5.32. The van der Waals surface area contributed by atoms with Gasteiger partial charge in [0, 0.05) is 19.8 Å². The van der Waals surface area contributed by atoms with Crippen LogP contribution in [-0.2, 0) is 19.1 Å². The van der Waals surface area contributed by atoms with Crippen molar-refractivity contribution in [2.45, 2.75) is 73.1 Å². The van der Waals surface area contributed by atoms with Crippen molar-refractivity contribution in [2.24, 2.45) is 28.6 Å². The maximum Gasteiger partial charge on any atom is 0.303 e. The Hall–Kier alpha value is -1.65. The predicted octanol–water partition coefficient (Wildman–Crippen LogP) is 4.40. The van der Waals surface area contributed by atoms with Gasteiger partial charge in [-0.15, -0.1) is 0 Å². The Labute approximate surface area is 162 Å². The normalized spacial score (nSPS) is 34.4. The minimum Gasteiger partial charge on any atom is -0.481 e. The molecule has 1 fully saturated rings. The number of hydrogen-bond donors (Lipinski definition) is 1. The quantitative estimate of drug-likeness (QED) is 0.664. The van der Waals surface area contributed by atoms with Crippen LogP contribution in [-0.4, -0.2) is 29.4 Å². The molecule has 0 radical (unpaired) electrons. The standard InChI is InChI=1S/C22H34O5/c1-14(10-20(25)26)6-8-21(4)15(2)7-9-22(5)17(13-27-16(3)23)11-18(24)12-19(21)22/h11,14-15,19H,6-10,12-13H2,1-5H3,(H,25,26)/t14-,15-,19-,21-,22+/m0/s1. The van der Waals surface area contributed by atoms with E-state index < -0.39 is 5.97 Å². The van der Waals surface area contributed by atoms with Gasteiger partial charge >= 0.3 is 11.9 Å². The van der Waals surface area contributed by atoms with E-state index in [1.54, 1.807) is 6.08 Å². The molecule has 152 valence electrons. The number of carboxylic acid groups (broad SMARTS) is 1. The molecular formula is C22H34O5. The van der Waals surface area contributed by atoms with E-state index in [9.17, 15) is 14.4 Å². The first-order valence-corrected chi connectivity index (χ1v) is 10.1. The number of ether oxygens (including phenoxy) is 1. The maximum atomic E-state index is 12.5. The third-order valence-corrected chi connectivity index (χ3v) is 7.39. The lowest BCUT2D eigenvalue weighted by Gasteiger charge is -2.58. The minimum absolute atomic E-state index is 0.0366. The van der Waals surface area contributed by atoms with Gasteiger partial charge in [-0.3, -0.25) is 14.4 Å². The summed E-state index contributed by atoms with van der Waals surface area (Å²) >= 11 is 0. The van der Waals surface area contributed by atoms with Crippen LogP contribution in [0.25, 0.3) is 0 Å². The predicted molar refractivity (Wildman–Crippen MR) is 103 cm³/mol. The average molecular weight is 379 g/mol. The third-order valence-electron chi connectivity index (χ3n) is 7.39. The van der Waals surface area contributed by atoms with Crippen LogP contribution in [0.3, 0.4) is 0 Å². The average Bonchev–Trinajstić information content (AvgIpc) is 2.56. The first-order valence-electron chi connectivity index (χ1n) is 10.1. The highest BCUT2D eigenvalue weighted by molar-refractivity contribution is 5.92. The summed E-state index contributed by atoms with van der Waals surface area (Å²) in [4.78, 5) is 34.8. The number of carbonyl (C=O) groups excluding carboxylic acids is 2. The number of carboxylic acids is 1. The van der Waals surface area contributed by atoms with Gasteiger partial charge in [0.05, 0.1) is 0 Å². The monoisotopic (exact) mass is 378 g/mol. The van der Waals surface area contributed by atoms with Crippen LogP contribution in [0.1, 0.15) is 73.1 Å². The maximum absolute atomic E-state index is 12.5. The molecule has 2 rings (SSSR count). The van der Waals surface area contributed by atoms with Crippen molar-refractivity contribution < 1.29 is 24.2 Å². The minimum atomic E-state index is -0.756. The molecule has 5 atom stereocenters. The van der Waals surface area contributed by atoms with Crippen LogP contribution in [0, 0.1) is 28.6 Å². The second kappa shape index (κ2) is 8.15. The molecule has 2 aliphatic rings. The molecule has 0 saturated heterocycles. The number of fused-ring (bicyclic) bond motifs is 1.